The molecule has 1 amide bonds. The minimum Gasteiger partial charge on any atom is -0.399 e. The molecule has 1 aromatic carbocycles. The molecular weight excluding hydrogens is 264 g/mol. The summed E-state index contributed by atoms with van der Waals surface area (Å²) in [6.45, 7) is 3.79. The molecule has 2 heterocycles. The highest BCUT2D eigenvalue weighted by Crippen LogP contribution is 2.22. The zero-order valence-electron chi connectivity index (χ0n) is 11.9. The van der Waals surface area contributed by atoms with Gasteiger partial charge in [-0.3, -0.25) is 9.78 Å². The Bertz CT molecular complexity index is 835. The van der Waals surface area contributed by atoms with Crippen LogP contribution in [0.1, 0.15) is 21.7 Å². The second kappa shape index (κ2) is 4.94. The first-order chi connectivity index (χ1) is 10.0. The van der Waals surface area contributed by atoms with E-state index in [4.69, 9.17) is 5.73 Å². The topological polar surface area (TPSA) is 83.8 Å². The Morgan fingerprint density at radius 1 is 1.24 bits per heavy atom. The van der Waals surface area contributed by atoms with Crippen molar-refractivity contribution in [2.75, 3.05) is 11.1 Å². The number of benzene rings is 1. The monoisotopic (exact) mass is 280 g/mol. The van der Waals surface area contributed by atoms with Crippen LogP contribution in [0, 0.1) is 13.8 Å². The van der Waals surface area contributed by atoms with Crippen molar-refractivity contribution in [1.29, 1.82) is 0 Å². The van der Waals surface area contributed by atoms with Crippen LogP contribution in [0.15, 0.2) is 36.5 Å². The van der Waals surface area contributed by atoms with Crippen molar-refractivity contribution in [2.45, 2.75) is 13.8 Å². The molecule has 5 heteroatoms. The maximum absolute atomic E-state index is 12.4. The molecule has 3 aromatic rings. The number of nitrogens with one attached hydrogen (secondary N) is 2. The van der Waals surface area contributed by atoms with Gasteiger partial charge in [0.25, 0.3) is 5.91 Å². The van der Waals surface area contributed by atoms with Gasteiger partial charge in [-0.2, -0.15) is 0 Å². The zero-order chi connectivity index (χ0) is 15.0. The minimum atomic E-state index is -0.180. The highest BCUT2D eigenvalue weighted by Gasteiger charge is 2.13. The molecule has 0 spiro atoms. The normalized spacial score (nSPS) is 10.8. The predicted octanol–water partition coefficient (Wildman–Crippen LogP) is 3.01. The third kappa shape index (κ3) is 2.45. The van der Waals surface area contributed by atoms with Crippen LogP contribution >= 0.6 is 0 Å². The van der Waals surface area contributed by atoms with Crippen LogP contribution < -0.4 is 11.1 Å². The van der Waals surface area contributed by atoms with E-state index in [-0.39, 0.29) is 5.91 Å². The Balaban J connectivity index is 1.95. The molecule has 0 radical (unpaired) electrons. The highest BCUT2D eigenvalue weighted by molar-refractivity contribution is 6.13. The molecule has 3 rings (SSSR count). The second-order valence-electron chi connectivity index (χ2n) is 5.05. The van der Waals surface area contributed by atoms with E-state index in [9.17, 15) is 4.79 Å². The molecule has 5 nitrogen and oxygen atoms in total. The molecule has 0 saturated heterocycles. The molecular formula is C16H16N4O. The standard InChI is InChI=1S/C16H16N4O/c1-9-3-5-14(10(2)19-9)20-16(21)13-8-18-15-6-4-11(17)7-12(13)15/h3-8,18H,17H2,1-2H3,(H,20,21). The fourth-order valence-electron chi connectivity index (χ4n) is 2.33. The number of aryl methyl sites for hydroxylation is 2. The van der Waals surface area contributed by atoms with Crippen molar-refractivity contribution in [3.05, 3.63) is 53.5 Å². The van der Waals surface area contributed by atoms with Gasteiger partial charge < -0.3 is 16.0 Å². The molecule has 0 aliphatic rings. The number of hydrogen-bond acceptors (Lipinski definition) is 3. The summed E-state index contributed by atoms with van der Waals surface area (Å²) < 4.78 is 0. The van der Waals surface area contributed by atoms with E-state index in [1.165, 1.54) is 0 Å². The summed E-state index contributed by atoms with van der Waals surface area (Å²) in [5.74, 6) is -0.180. The van der Waals surface area contributed by atoms with Crippen molar-refractivity contribution in [3.63, 3.8) is 0 Å². The van der Waals surface area contributed by atoms with E-state index >= 15 is 0 Å². The first kappa shape index (κ1) is 13.2. The number of H-pyrrole nitrogens is 1. The van der Waals surface area contributed by atoms with Gasteiger partial charge in [0.15, 0.2) is 0 Å². The van der Waals surface area contributed by atoms with Crippen molar-refractivity contribution in [2.24, 2.45) is 0 Å². The number of nitrogen functional groups attached to an aromatic ring is 1. The Labute approximate surface area is 122 Å². The number of carbonyl (C=O) groups excluding carboxylic acids is 1. The number of aromatic amines is 1. The van der Waals surface area contributed by atoms with Gasteiger partial charge in [-0.05, 0) is 44.2 Å². The van der Waals surface area contributed by atoms with Gasteiger partial charge in [-0.15, -0.1) is 0 Å². The van der Waals surface area contributed by atoms with Crippen molar-refractivity contribution in [3.8, 4) is 0 Å². The number of hydrogen-bond donors (Lipinski definition) is 3. The number of nitrogens with zero attached hydrogens (tertiary/aromatic N) is 1. The summed E-state index contributed by atoms with van der Waals surface area (Å²) in [5, 5.41) is 3.70. The van der Waals surface area contributed by atoms with Gasteiger partial charge >= 0.3 is 0 Å². The number of rotatable bonds is 2. The van der Waals surface area contributed by atoms with Crippen LogP contribution in [-0.4, -0.2) is 15.9 Å². The van der Waals surface area contributed by atoms with E-state index in [1.54, 1.807) is 18.3 Å². The minimum absolute atomic E-state index is 0.180. The Hall–Kier alpha value is -2.82. The lowest BCUT2D eigenvalue weighted by Crippen LogP contribution is -2.13. The van der Waals surface area contributed by atoms with Crippen LogP contribution in [0.25, 0.3) is 10.9 Å². The number of carbonyl (C=O) groups is 1. The predicted molar refractivity (Wildman–Crippen MR) is 84.4 cm³/mol. The molecule has 0 unspecified atom stereocenters. The number of anilines is 2. The summed E-state index contributed by atoms with van der Waals surface area (Å²) in [7, 11) is 0. The van der Waals surface area contributed by atoms with Gasteiger partial charge in [0.05, 0.1) is 16.9 Å². The summed E-state index contributed by atoms with van der Waals surface area (Å²) in [4.78, 5) is 19.9. The van der Waals surface area contributed by atoms with E-state index in [0.29, 0.717) is 16.9 Å². The molecule has 0 aliphatic heterocycles. The molecule has 4 N–H and O–H groups in total. The molecule has 0 bridgehead atoms. The molecule has 106 valence electrons. The molecule has 0 fully saturated rings. The fraction of sp³-hybridized carbons (Fsp3) is 0.125. The molecule has 0 atom stereocenters. The number of amides is 1. The largest absolute Gasteiger partial charge is 0.399 e. The van der Waals surface area contributed by atoms with E-state index in [2.05, 4.69) is 15.3 Å². The van der Waals surface area contributed by atoms with Gasteiger partial charge in [-0.25, -0.2) is 0 Å². The van der Waals surface area contributed by atoms with Gasteiger partial charge in [0, 0.05) is 28.5 Å². The third-order valence-electron chi connectivity index (χ3n) is 3.42. The maximum Gasteiger partial charge on any atom is 0.257 e. The van der Waals surface area contributed by atoms with E-state index < -0.39 is 0 Å². The van der Waals surface area contributed by atoms with Crippen molar-refractivity contribution >= 4 is 28.2 Å². The lowest BCUT2D eigenvalue weighted by Gasteiger charge is -2.08. The van der Waals surface area contributed by atoms with Crippen LogP contribution in [-0.2, 0) is 0 Å². The van der Waals surface area contributed by atoms with Gasteiger partial charge in [-0.1, -0.05) is 0 Å². The molecule has 2 aromatic heterocycles. The molecule has 21 heavy (non-hydrogen) atoms. The Morgan fingerprint density at radius 3 is 2.81 bits per heavy atom. The van der Waals surface area contributed by atoms with Gasteiger partial charge in [0.1, 0.15) is 0 Å². The Kier molecular flexibility index (Phi) is 3.10. The average Bonchev–Trinajstić information content (AvgIpc) is 2.85. The number of pyridine rings is 1. The first-order valence-electron chi connectivity index (χ1n) is 6.67. The number of fused-ring (bicyclic) bond motifs is 1. The van der Waals surface area contributed by atoms with E-state index in [0.717, 1.165) is 22.3 Å². The average molecular weight is 280 g/mol. The second-order valence-corrected chi connectivity index (χ2v) is 5.05. The smallest absolute Gasteiger partial charge is 0.257 e. The lowest BCUT2D eigenvalue weighted by molar-refractivity contribution is 0.102. The summed E-state index contributed by atoms with van der Waals surface area (Å²) >= 11 is 0. The van der Waals surface area contributed by atoms with Crippen LogP contribution in [0.4, 0.5) is 11.4 Å². The van der Waals surface area contributed by atoms with Gasteiger partial charge in [0.2, 0.25) is 0 Å². The maximum atomic E-state index is 12.4. The van der Waals surface area contributed by atoms with Crippen LogP contribution in [0.3, 0.4) is 0 Å². The van der Waals surface area contributed by atoms with Crippen LogP contribution in [0.5, 0.6) is 0 Å². The van der Waals surface area contributed by atoms with E-state index in [1.807, 2.05) is 32.0 Å². The summed E-state index contributed by atoms with van der Waals surface area (Å²) in [6, 6.07) is 9.18. The quantitative estimate of drug-likeness (QED) is 0.631. The fourth-order valence-corrected chi connectivity index (χ4v) is 2.33. The SMILES string of the molecule is Cc1ccc(NC(=O)c2c[nH]c3ccc(N)cc23)c(C)n1. The summed E-state index contributed by atoms with van der Waals surface area (Å²) in [6.07, 6.45) is 1.69. The zero-order valence-corrected chi connectivity index (χ0v) is 11.9. The highest BCUT2D eigenvalue weighted by atomic mass is 16.1. The molecule has 0 aliphatic carbocycles. The van der Waals surface area contributed by atoms with Crippen LogP contribution in [0.2, 0.25) is 0 Å². The van der Waals surface area contributed by atoms with Crippen molar-refractivity contribution < 1.29 is 4.79 Å². The van der Waals surface area contributed by atoms with Crippen molar-refractivity contribution in [1.82, 2.24) is 9.97 Å². The molecule has 0 saturated carbocycles. The lowest BCUT2D eigenvalue weighted by atomic mass is 10.1. The summed E-state index contributed by atoms with van der Waals surface area (Å²) in [5.41, 5.74) is 10.3. The first-order valence-corrected chi connectivity index (χ1v) is 6.67. The number of nitrogens with two attached hydrogens (primary N) is 1. The number of aromatic nitrogens is 2. The third-order valence-corrected chi connectivity index (χ3v) is 3.42. The Morgan fingerprint density at radius 2 is 2.05 bits per heavy atom.